The van der Waals surface area contributed by atoms with Gasteiger partial charge < -0.3 is 18.9 Å². The molecular formula is C30H20O6. The van der Waals surface area contributed by atoms with Crippen LogP contribution >= 0.6 is 0 Å². The normalized spacial score (nSPS) is 10.4. The Morgan fingerprint density at radius 1 is 0.528 bits per heavy atom. The molecular weight excluding hydrogens is 456 g/mol. The Morgan fingerprint density at radius 3 is 1.19 bits per heavy atom. The summed E-state index contributed by atoms with van der Waals surface area (Å²) in [7, 11) is 5.56. The molecule has 0 saturated heterocycles. The van der Waals surface area contributed by atoms with Crippen LogP contribution in [0.25, 0.3) is 0 Å². The number of methoxy groups -OCH3 is 4. The number of ether oxygens (including phenoxy) is 4. The lowest BCUT2D eigenvalue weighted by Gasteiger charge is -2.10. The fourth-order valence-electron chi connectivity index (χ4n) is 3.56. The Kier molecular flexibility index (Phi) is 6.96. The maximum Gasteiger partial charge on any atom is 0.338 e. The summed E-state index contributed by atoms with van der Waals surface area (Å²) in [6.45, 7) is 0. The standard InChI is InChI=1S/C30H20O6/c1-33-27-17-23-12-10-20-8-6-5-7-19(20)9-11-21-15-25(29(31)35-3)26(30(32)36-4)16-22(21)13-14-24(23)18-28(27)34-2/h5-8,15-18H,1-4H3. The minimum Gasteiger partial charge on any atom is -0.493 e. The molecule has 3 aromatic rings. The van der Waals surface area contributed by atoms with Crippen molar-refractivity contribution in [1.82, 2.24) is 0 Å². The largest absolute Gasteiger partial charge is 0.493 e. The third-order valence-corrected chi connectivity index (χ3v) is 5.41. The second-order valence-electron chi connectivity index (χ2n) is 7.47. The zero-order valence-corrected chi connectivity index (χ0v) is 20.1. The SMILES string of the molecule is COC(=O)c1cc2c(cc1C(=O)OC)C#Cc1cc(OC)c(OC)cc1C#Cc1ccccc1C#C2. The van der Waals surface area contributed by atoms with Crippen molar-refractivity contribution in [3.05, 3.63) is 93.0 Å². The van der Waals surface area contributed by atoms with Crippen LogP contribution in [0.1, 0.15) is 54.1 Å². The first-order chi connectivity index (χ1) is 17.5. The second-order valence-corrected chi connectivity index (χ2v) is 7.47. The van der Waals surface area contributed by atoms with Crippen LogP contribution in [0.3, 0.4) is 0 Å². The first-order valence-corrected chi connectivity index (χ1v) is 10.7. The maximum absolute atomic E-state index is 12.5. The number of hydrogen-bond acceptors (Lipinski definition) is 6. The van der Waals surface area contributed by atoms with Gasteiger partial charge in [0.2, 0.25) is 0 Å². The molecule has 1 aliphatic carbocycles. The van der Waals surface area contributed by atoms with E-state index in [-0.39, 0.29) is 11.1 Å². The van der Waals surface area contributed by atoms with E-state index in [1.807, 2.05) is 24.3 Å². The first-order valence-electron chi connectivity index (χ1n) is 10.7. The van der Waals surface area contributed by atoms with Gasteiger partial charge in [0.05, 0.1) is 39.6 Å². The van der Waals surface area contributed by atoms with E-state index in [0.717, 1.165) is 5.56 Å². The summed E-state index contributed by atoms with van der Waals surface area (Å²) in [6, 6.07) is 13.9. The zero-order chi connectivity index (χ0) is 25.7. The third-order valence-electron chi connectivity index (χ3n) is 5.41. The van der Waals surface area contributed by atoms with Crippen molar-refractivity contribution in [1.29, 1.82) is 0 Å². The molecule has 6 heteroatoms. The van der Waals surface area contributed by atoms with Gasteiger partial charge in [0.25, 0.3) is 0 Å². The van der Waals surface area contributed by atoms with Crippen molar-refractivity contribution in [3.63, 3.8) is 0 Å². The molecule has 0 heterocycles. The highest BCUT2D eigenvalue weighted by molar-refractivity contribution is 6.04. The molecule has 0 N–H and O–H groups in total. The summed E-state index contributed by atoms with van der Waals surface area (Å²) in [4.78, 5) is 24.9. The lowest BCUT2D eigenvalue weighted by atomic mass is 9.96. The molecule has 3 aromatic carbocycles. The van der Waals surface area contributed by atoms with Gasteiger partial charge in [-0.3, -0.25) is 0 Å². The molecule has 176 valence electrons. The monoisotopic (exact) mass is 476 g/mol. The average molecular weight is 476 g/mol. The molecule has 0 aliphatic heterocycles. The molecule has 0 bridgehead atoms. The van der Waals surface area contributed by atoms with E-state index in [0.29, 0.717) is 39.3 Å². The van der Waals surface area contributed by atoms with Crippen LogP contribution in [-0.2, 0) is 9.47 Å². The van der Waals surface area contributed by atoms with Gasteiger partial charge in [0.15, 0.2) is 11.5 Å². The smallest absolute Gasteiger partial charge is 0.338 e. The van der Waals surface area contributed by atoms with Crippen molar-refractivity contribution in [2.45, 2.75) is 0 Å². The molecule has 0 atom stereocenters. The van der Waals surface area contributed by atoms with Crippen LogP contribution in [-0.4, -0.2) is 40.4 Å². The molecule has 1 aliphatic rings. The van der Waals surface area contributed by atoms with Gasteiger partial charge >= 0.3 is 11.9 Å². The van der Waals surface area contributed by atoms with E-state index in [9.17, 15) is 9.59 Å². The van der Waals surface area contributed by atoms with E-state index in [1.54, 1.807) is 19.2 Å². The first kappa shape index (κ1) is 24.0. The van der Waals surface area contributed by atoms with E-state index < -0.39 is 11.9 Å². The van der Waals surface area contributed by atoms with Crippen molar-refractivity contribution < 1.29 is 28.5 Å². The van der Waals surface area contributed by atoms with Gasteiger partial charge in [0, 0.05) is 45.5 Å². The molecule has 0 radical (unpaired) electrons. The van der Waals surface area contributed by atoms with Gasteiger partial charge in [-0.05, 0) is 24.3 Å². The summed E-state index contributed by atoms with van der Waals surface area (Å²) in [5.41, 5.74) is 3.58. The second kappa shape index (κ2) is 10.4. The number of benzene rings is 3. The van der Waals surface area contributed by atoms with Gasteiger partial charge in [-0.15, -0.1) is 0 Å². The van der Waals surface area contributed by atoms with Gasteiger partial charge in [-0.1, -0.05) is 47.7 Å². The van der Waals surface area contributed by atoms with Crippen LogP contribution < -0.4 is 9.47 Å². The molecule has 0 saturated carbocycles. The lowest BCUT2D eigenvalue weighted by molar-refractivity contribution is 0.0555. The zero-order valence-electron chi connectivity index (χ0n) is 20.1. The van der Waals surface area contributed by atoms with Crippen LogP contribution in [0.2, 0.25) is 0 Å². The Balaban J connectivity index is 2.07. The quantitative estimate of drug-likeness (QED) is 0.330. The minimum atomic E-state index is -0.693. The predicted octanol–water partition coefficient (Wildman–Crippen LogP) is 3.79. The Bertz CT molecular complexity index is 1580. The molecule has 4 rings (SSSR count). The average Bonchev–Trinajstić information content (AvgIpc) is 2.92. The van der Waals surface area contributed by atoms with E-state index in [4.69, 9.17) is 18.9 Å². The third kappa shape index (κ3) is 4.73. The van der Waals surface area contributed by atoms with Crippen LogP contribution in [0, 0.1) is 35.5 Å². The van der Waals surface area contributed by atoms with Crippen molar-refractivity contribution >= 4 is 11.9 Å². The number of carbonyl (C=O) groups excluding carboxylic acids is 2. The number of hydrogen-bond donors (Lipinski definition) is 0. The van der Waals surface area contributed by atoms with Gasteiger partial charge in [-0.2, -0.15) is 0 Å². The maximum atomic E-state index is 12.5. The fourth-order valence-corrected chi connectivity index (χ4v) is 3.56. The molecule has 0 amide bonds. The molecule has 0 aromatic heterocycles. The molecule has 0 fully saturated rings. The Morgan fingerprint density at radius 2 is 0.861 bits per heavy atom. The highest BCUT2D eigenvalue weighted by Gasteiger charge is 2.21. The Hall–Kier alpha value is -5.12. The topological polar surface area (TPSA) is 71.1 Å². The predicted molar refractivity (Wildman–Crippen MR) is 133 cm³/mol. The van der Waals surface area contributed by atoms with E-state index >= 15 is 0 Å². The number of rotatable bonds is 4. The van der Waals surface area contributed by atoms with Gasteiger partial charge in [0.1, 0.15) is 0 Å². The molecule has 0 unspecified atom stereocenters. The van der Waals surface area contributed by atoms with Crippen molar-refractivity contribution in [2.75, 3.05) is 28.4 Å². The van der Waals surface area contributed by atoms with E-state index in [1.165, 1.54) is 33.5 Å². The number of carbonyl (C=O) groups is 2. The van der Waals surface area contributed by atoms with Crippen LogP contribution in [0.4, 0.5) is 0 Å². The highest BCUT2D eigenvalue weighted by Crippen LogP contribution is 2.30. The highest BCUT2D eigenvalue weighted by atomic mass is 16.5. The number of fused-ring (bicyclic) bond motifs is 3. The van der Waals surface area contributed by atoms with Gasteiger partial charge in [-0.25, -0.2) is 9.59 Å². The minimum absolute atomic E-state index is 0.0269. The summed E-state index contributed by atoms with van der Waals surface area (Å²) in [5.74, 6) is 18.4. The molecule has 6 nitrogen and oxygen atoms in total. The molecule has 36 heavy (non-hydrogen) atoms. The summed E-state index contributed by atoms with van der Waals surface area (Å²) < 4.78 is 20.6. The number of esters is 2. The molecule has 0 spiro atoms. The van der Waals surface area contributed by atoms with Crippen LogP contribution in [0.15, 0.2) is 48.5 Å². The van der Waals surface area contributed by atoms with Crippen molar-refractivity contribution in [2.24, 2.45) is 0 Å². The lowest BCUT2D eigenvalue weighted by Crippen LogP contribution is -2.13. The Labute approximate surface area is 209 Å². The fraction of sp³-hybridized carbons (Fsp3) is 0.133. The summed E-state index contributed by atoms with van der Waals surface area (Å²) in [5, 5.41) is 0. The van der Waals surface area contributed by atoms with Crippen LogP contribution in [0.5, 0.6) is 11.5 Å². The summed E-state index contributed by atoms with van der Waals surface area (Å²) in [6.07, 6.45) is 0. The summed E-state index contributed by atoms with van der Waals surface area (Å²) >= 11 is 0. The van der Waals surface area contributed by atoms with E-state index in [2.05, 4.69) is 35.5 Å². The van der Waals surface area contributed by atoms with Crippen molar-refractivity contribution in [3.8, 4) is 47.0 Å².